The first-order valence-electron chi connectivity index (χ1n) is 5.40. The molecule has 1 atom stereocenters. The first kappa shape index (κ1) is 10.8. The number of nitrogens with zero attached hydrogens (tertiary/aromatic N) is 1. The Morgan fingerprint density at radius 2 is 1.88 bits per heavy atom. The molecule has 1 unspecified atom stereocenters. The summed E-state index contributed by atoms with van der Waals surface area (Å²) < 4.78 is 0. The number of rotatable bonds is 3. The van der Waals surface area contributed by atoms with Gasteiger partial charge in [-0.1, -0.05) is 36.4 Å². The van der Waals surface area contributed by atoms with Gasteiger partial charge in [-0.15, -0.1) is 0 Å². The van der Waals surface area contributed by atoms with E-state index in [0.717, 1.165) is 16.8 Å². The third-order valence-corrected chi connectivity index (χ3v) is 2.56. The first-order valence-corrected chi connectivity index (χ1v) is 5.40. The third kappa shape index (κ3) is 2.67. The highest BCUT2D eigenvalue weighted by molar-refractivity contribution is 5.20. The van der Waals surface area contributed by atoms with Crippen molar-refractivity contribution in [2.45, 2.75) is 19.4 Å². The molecule has 82 valence electrons. The number of pyridine rings is 1. The summed E-state index contributed by atoms with van der Waals surface area (Å²) in [4.78, 5) is 4.28. The summed E-state index contributed by atoms with van der Waals surface area (Å²) in [5, 5.41) is 10.0. The summed E-state index contributed by atoms with van der Waals surface area (Å²) in [6.07, 6.45) is 1.91. The van der Waals surface area contributed by atoms with E-state index in [1.807, 2.05) is 55.6 Å². The van der Waals surface area contributed by atoms with Crippen molar-refractivity contribution in [1.29, 1.82) is 0 Å². The van der Waals surface area contributed by atoms with Gasteiger partial charge >= 0.3 is 0 Å². The Morgan fingerprint density at radius 1 is 1.12 bits per heavy atom. The molecule has 2 rings (SSSR count). The molecule has 1 heterocycles. The van der Waals surface area contributed by atoms with Gasteiger partial charge in [-0.3, -0.25) is 4.98 Å². The molecule has 2 nitrogen and oxygen atoms in total. The Balaban J connectivity index is 2.08. The van der Waals surface area contributed by atoms with E-state index in [-0.39, 0.29) is 0 Å². The van der Waals surface area contributed by atoms with Gasteiger partial charge in [0.1, 0.15) is 0 Å². The highest BCUT2D eigenvalue weighted by atomic mass is 16.3. The molecule has 0 amide bonds. The van der Waals surface area contributed by atoms with Crippen molar-refractivity contribution in [2.24, 2.45) is 0 Å². The molecule has 0 saturated carbocycles. The minimum Gasteiger partial charge on any atom is -0.388 e. The SMILES string of the molecule is Cc1ccc(CC(O)c2ccccc2)nc1. The van der Waals surface area contributed by atoms with Gasteiger partial charge in [0.2, 0.25) is 0 Å². The largest absolute Gasteiger partial charge is 0.388 e. The summed E-state index contributed by atoms with van der Waals surface area (Å²) in [7, 11) is 0. The second-order valence-corrected chi connectivity index (χ2v) is 3.96. The second kappa shape index (κ2) is 4.90. The van der Waals surface area contributed by atoms with E-state index in [1.54, 1.807) is 0 Å². The van der Waals surface area contributed by atoms with Crippen molar-refractivity contribution < 1.29 is 5.11 Å². The molecule has 0 radical (unpaired) electrons. The van der Waals surface area contributed by atoms with Crippen LogP contribution in [0.25, 0.3) is 0 Å². The number of hydrogen-bond acceptors (Lipinski definition) is 2. The van der Waals surface area contributed by atoms with Crippen molar-refractivity contribution in [3.63, 3.8) is 0 Å². The van der Waals surface area contributed by atoms with E-state index in [4.69, 9.17) is 0 Å². The van der Waals surface area contributed by atoms with E-state index < -0.39 is 6.10 Å². The molecule has 1 aromatic heterocycles. The van der Waals surface area contributed by atoms with Crippen molar-refractivity contribution in [3.8, 4) is 0 Å². The maximum Gasteiger partial charge on any atom is 0.0845 e. The average Bonchev–Trinajstić information content (AvgIpc) is 2.33. The van der Waals surface area contributed by atoms with Crippen LogP contribution in [0.4, 0.5) is 0 Å². The van der Waals surface area contributed by atoms with Crippen molar-refractivity contribution in [2.75, 3.05) is 0 Å². The molecule has 2 aromatic rings. The van der Waals surface area contributed by atoms with Crippen LogP contribution < -0.4 is 0 Å². The van der Waals surface area contributed by atoms with Crippen LogP contribution in [0.3, 0.4) is 0 Å². The standard InChI is InChI=1S/C14H15NO/c1-11-7-8-13(15-10-11)9-14(16)12-5-3-2-4-6-12/h2-8,10,14,16H,9H2,1H3. The summed E-state index contributed by atoms with van der Waals surface area (Å²) in [6, 6.07) is 13.6. The first-order chi connectivity index (χ1) is 7.75. The van der Waals surface area contributed by atoms with Gasteiger partial charge in [0.05, 0.1) is 6.10 Å². The summed E-state index contributed by atoms with van der Waals surface area (Å²) in [5.41, 5.74) is 2.99. The Kier molecular flexibility index (Phi) is 3.32. The highest BCUT2D eigenvalue weighted by Gasteiger charge is 2.08. The summed E-state index contributed by atoms with van der Waals surface area (Å²) in [5.74, 6) is 0. The molecule has 16 heavy (non-hydrogen) atoms. The molecule has 0 fully saturated rings. The number of aliphatic hydroxyl groups excluding tert-OH is 1. The van der Waals surface area contributed by atoms with Gasteiger partial charge in [-0.05, 0) is 24.1 Å². The minimum atomic E-state index is -0.476. The number of aryl methyl sites for hydroxylation is 1. The van der Waals surface area contributed by atoms with Gasteiger partial charge in [-0.2, -0.15) is 0 Å². The van der Waals surface area contributed by atoms with E-state index in [1.165, 1.54) is 0 Å². The minimum absolute atomic E-state index is 0.476. The fourth-order valence-corrected chi connectivity index (χ4v) is 1.61. The summed E-state index contributed by atoms with van der Waals surface area (Å²) in [6.45, 7) is 2.00. The van der Waals surface area contributed by atoms with Gasteiger partial charge in [-0.25, -0.2) is 0 Å². The topological polar surface area (TPSA) is 33.1 Å². The molecule has 0 spiro atoms. The lowest BCUT2D eigenvalue weighted by atomic mass is 10.0. The zero-order valence-electron chi connectivity index (χ0n) is 9.30. The zero-order chi connectivity index (χ0) is 11.4. The highest BCUT2D eigenvalue weighted by Crippen LogP contribution is 2.16. The van der Waals surface area contributed by atoms with E-state index in [0.29, 0.717) is 6.42 Å². The summed E-state index contributed by atoms with van der Waals surface area (Å²) >= 11 is 0. The molecule has 1 aromatic carbocycles. The molecule has 0 aliphatic heterocycles. The fraction of sp³-hybridized carbons (Fsp3) is 0.214. The molecule has 0 aliphatic rings. The van der Waals surface area contributed by atoms with Crippen LogP contribution in [-0.2, 0) is 6.42 Å². The number of aromatic nitrogens is 1. The average molecular weight is 213 g/mol. The Hall–Kier alpha value is -1.67. The number of aliphatic hydroxyl groups is 1. The maximum absolute atomic E-state index is 10.0. The smallest absolute Gasteiger partial charge is 0.0845 e. The van der Waals surface area contributed by atoms with E-state index in [2.05, 4.69) is 4.98 Å². The van der Waals surface area contributed by atoms with E-state index >= 15 is 0 Å². The maximum atomic E-state index is 10.0. The molecule has 1 N–H and O–H groups in total. The lowest BCUT2D eigenvalue weighted by Gasteiger charge is -2.10. The van der Waals surface area contributed by atoms with Crippen LogP contribution in [0.1, 0.15) is 22.9 Å². The third-order valence-electron chi connectivity index (χ3n) is 2.56. The van der Waals surface area contributed by atoms with Crippen molar-refractivity contribution in [3.05, 3.63) is 65.5 Å². The van der Waals surface area contributed by atoms with Crippen LogP contribution in [0.15, 0.2) is 48.7 Å². The van der Waals surface area contributed by atoms with Crippen LogP contribution in [0.5, 0.6) is 0 Å². The molecular weight excluding hydrogens is 198 g/mol. The quantitative estimate of drug-likeness (QED) is 0.850. The Labute approximate surface area is 95.6 Å². The molecule has 0 bridgehead atoms. The van der Waals surface area contributed by atoms with E-state index in [9.17, 15) is 5.11 Å². The predicted octanol–water partition coefficient (Wildman–Crippen LogP) is 2.67. The van der Waals surface area contributed by atoms with Crippen LogP contribution in [0, 0.1) is 6.92 Å². The molecule has 2 heteroatoms. The fourth-order valence-electron chi connectivity index (χ4n) is 1.61. The Bertz CT molecular complexity index is 436. The number of benzene rings is 1. The van der Waals surface area contributed by atoms with Crippen LogP contribution in [-0.4, -0.2) is 10.1 Å². The second-order valence-electron chi connectivity index (χ2n) is 3.96. The molecule has 0 saturated heterocycles. The molecule has 0 aliphatic carbocycles. The Morgan fingerprint density at radius 3 is 2.50 bits per heavy atom. The molecular formula is C14H15NO. The zero-order valence-corrected chi connectivity index (χ0v) is 9.30. The van der Waals surface area contributed by atoms with Crippen LogP contribution in [0.2, 0.25) is 0 Å². The van der Waals surface area contributed by atoms with Crippen molar-refractivity contribution >= 4 is 0 Å². The van der Waals surface area contributed by atoms with Gasteiger partial charge in [0.15, 0.2) is 0 Å². The lowest BCUT2D eigenvalue weighted by molar-refractivity contribution is 0.177. The van der Waals surface area contributed by atoms with Gasteiger partial charge in [0, 0.05) is 18.3 Å². The normalized spacial score (nSPS) is 12.4. The lowest BCUT2D eigenvalue weighted by Crippen LogP contribution is -2.03. The van der Waals surface area contributed by atoms with Crippen LogP contribution >= 0.6 is 0 Å². The van der Waals surface area contributed by atoms with Gasteiger partial charge in [0.25, 0.3) is 0 Å². The van der Waals surface area contributed by atoms with Crippen molar-refractivity contribution in [1.82, 2.24) is 4.98 Å². The monoisotopic (exact) mass is 213 g/mol. The van der Waals surface area contributed by atoms with Gasteiger partial charge < -0.3 is 5.11 Å². The number of hydrogen-bond donors (Lipinski definition) is 1. The predicted molar refractivity (Wildman–Crippen MR) is 64.1 cm³/mol.